The Bertz CT molecular complexity index is 500. The topological polar surface area (TPSA) is 63.6 Å². The number of hydrogen-bond donors (Lipinski definition) is 1. The van der Waals surface area contributed by atoms with Crippen LogP contribution in [0.4, 0.5) is 0 Å². The molecule has 0 aliphatic heterocycles. The molecule has 1 saturated carbocycles. The summed E-state index contributed by atoms with van der Waals surface area (Å²) in [6.45, 7) is 2.70. The van der Waals surface area contributed by atoms with Crippen LogP contribution >= 0.6 is 0 Å². The molecule has 32 heavy (non-hydrogen) atoms. The summed E-state index contributed by atoms with van der Waals surface area (Å²) < 4.78 is 5.38. The van der Waals surface area contributed by atoms with Gasteiger partial charge in [-0.2, -0.15) is 0 Å². The van der Waals surface area contributed by atoms with Gasteiger partial charge in [0, 0.05) is 0 Å². The number of rotatable bonds is 20. The molecule has 2 atom stereocenters. The van der Waals surface area contributed by atoms with Crippen LogP contribution in [-0.4, -0.2) is 23.7 Å². The Morgan fingerprint density at radius 2 is 1.19 bits per heavy atom. The third kappa shape index (κ3) is 14.7. The van der Waals surface area contributed by atoms with Crippen LogP contribution in [0.5, 0.6) is 0 Å². The monoisotopic (exact) mass is 450 g/mol. The molecule has 0 aromatic heterocycles. The first-order chi connectivity index (χ1) is 15.7. The van der Waals surface area contributed by atoms with Crippen molar-refractivity contribution in [2.75, 3.05) is 6.61 Å². The molecule has 0 aromatic rings. The fraction of sp³-hybridized carbons (Fsp3) is 0.857. The summed E-state index contributed by atoms with van der Waals surface area (Å²) in [5.74, 6) is -2.14. The van der Waals surface area contributed by atoms with Gasteiger partial charge in [-0.1, -0.05) is 103 Å². The SMILES string of the molecule is CCCCCCCCCC/C=C/CCCCCCCCOC(=O)C1CCCCC1C(=O)O. The average Bonchev–Trinajstić information content (AvgIpc) is 2.80. The smallest absolute Gasteiger partial charge is 0.309 e. The van der Waals surface area contributed by atoms with Crippen LogP contribution in [0.2, 0.25) is 0 Å². The van der Waals surface area contributed by atoms with Crippen molar-refractivity contribution in [3.05, 3.63) is 12.2 Å². The zero-order valence-electron chi connectivity index (χ0n) is 20.8. The van der Waals surface area contributed by atoms with Gasteiger partial charge < -0.3 is 9.84 Å². The Hall–Kier alpha value is -1.32. The van der Waals surface area contributed by atoms with Gasteiger partial charge in [0.15, 0.2) is 0 Å². The second-order valence-electron chi connectivity index (χ2n) is 9.65. The number of allylic oxidation sites excluding steroid dienone is 2. The van der Waals surface area contributed by atoms with Crippen molar-refractivity contribution in [1.29, 1.82) is 0 Å². The van der Waals surface area contributed by atoms with Crippen molar-refractivity contribution in [2.45, 2.75) is 135 Å². The lowest BCUT2D eigenvalue weighted by molar-refractivity contribution is -0.159. The number of carbonyl (C=O) groups is 2. The second-order valence-corrected chi connectivity index (χ2v) is 9.65. The first-order valence-corrected chi connectivity index (χ1v) is 13.7. The average molecular weight is 451 g/mol. The zero-order chi connectivity index (χ0) is 23.3. The fourth-order valence-corrected chi connectivity index (χ4v) is 4.69. The lowest BCUT2D eigenvalue weighted by Crippen LogP contribution is -2.33. The highest BCUT2D eigenvalue weighted by atomic mass is 16.5. The number of aliphatic carboxylic acids is 1. The summed E-state index contributed by atoms with van der Waals surface area (Å²) in [5.41, 5.74) is 0. The first kappa shape index (κ1) is 28.7. The standard InChI is InChI=1S/C28H50O4/c1-2-3-4-5-6-7-8-9-10-11-12-13-14-15-16-17-18-21-24-32-28(31)26-23-20-19-22-25(26)27(29)30/h11-12,25-26H,2-10,13-24H2,1H3,(H,29,30)/b12-11+. The summed E-state index contributed by atoms with van der Waals surface area (Å²) in [4.78, 5) is 23.5. The Morgan fingerprint density at radius 1 is 0.719 bits per heavy atom. The molecule has 1 aliphatic carbocycles. The van der Waals surface area contributed by atoms with E-state index in [0.29, 0.717) is 19.4 Å². The van der Waals surface area contributed by atoms with Gasteiger partial charge in [0.25, 0.3) is 0 Å². The predicted molar refractivity (Wildman–Crippen MR) is 133 cm³/mol. The van der Waals surface area contributed by atoms with E-state index in [9.17, 15) is 14.7 Å². The molecule has 0 amide bonds. The van der Waals surface area contributed by atoms with Crippen LogP contribution in [0.15, 0.2) is 12.2 Å². The lowest BCUT2D eigenvalue weighted by atomic mass is 9.79. The molecule has 4 nitrogen and oxygen atoms in total. The van der Waals surface area contributed by atoms with E-state index in [1.54, 1.807) is 0 Å². The van der Waals surface area contributed by atoms with E-state index < -0.39 is 17.8 Å². The Balaban J connectivity index is 1.85. The molecule has 0 aromatic carbocycles. The number of carboxylic acids is 1. The summed E-state index contributed by atoms with van der Waals surface area (Å²) >= 11 is 0. The van der Waals surface area contributed by atoms with Gasteiger partial charge in [-0.05, 0) is 44.9 Å². The maximum atomic E-state index is 12.2. The molecule has 0 radical (unpaired) electrons. The van der Waals surface area contributed by atoms with Gasteiger partial charge in [-0.25, -0.2) is 0 Å². The number of carbonyl (C=O) groups excluding carboxylic acids is 1. The Morgan fingerprint density at radius 3 is 1.72 bits per heavy atom. The predicted octanol–water partition coefficient (Wildman–Crippen LogP) is 8.24. The van der Waals surface area contributed by atoms with Crippen LogP contribution in [0.3, 0.4) is 0 Å². The van der Waals surface area contributed by atoms with E-state index in [1.165, 1.54) is 89.9 Å². The number of hydrogen-bond acceptors (Lipinski definition) is 3. The summed E-state index contributed by atoms with van der Waals surface area (Å²) in [6.07, 6.45) is 28.3. The molecule has 4 heteroatoms. The highest BCUT2D eigenvalue weighted by Crippen LogP contribution is 2.31. The molecule has 186 valence electrons. The van der Waals surface area contributed by atoms with E-state index >= 15 is 0 Å². The summed E-state index contributed by atoms with van der Waals surface area (Å²) in [5, 5.41) is 9.28. The molecule has 1 rings (SSSR count). The van der Waals surface area contributed by atoms with Crippen LogP contribution < -0.4 is 0 Å². The van der Waals surface area contributed by atoms with E-state index in [4.69, 9.17) is 4.74 Å². The lowest BCUT2D eigenvalue weighted by Gasteiger charge is -2.26. The third-order valence-electron chi connectivity index (χ3n) is 6.79. The van der Waals surface area contributed by atoms with Crippen molar-refractivity contribution in [1.82, 2.24) is 0 Å². The van der Waals surface area contributed by atoms with Crippen LogP contribution in [0.25, 0.3) is 0 Å². The first-order valence-electron chi connectivity index (χ1n) is 13.7. The van der Waals surface area contributed by atoms with Gasteiger partial charge in [-0.15, -0.1) is 0 Å². The van der Waals surface area contributed by atoms with Crippen LogP contribution in [0, 0.1) is 11.8 Å². The molecular formula is C28H50O4. The number of unbranched alkanes of at least 4 members (excludes halogenated alkanes) is 14. The molecular weight excluding hydrogens is 400 g/mol. The van der Waals surface area contributed by atoms with Gasteiger partial charge in [0.1, 0.15) is 0 Å². The van der Waals surface area contributed by atoms with Crippen molar-refractivity contribution in [3.8, 4) is 0 Å². The van der Waals surface area contributed by atoms with E-state index in [-0.39, 0.29) is 5.97 Å². The number of carboxylic acid groups (broad SMARTS) is 1. The van der Waals surface area contributed by atoms with Crippen LogP contribution in [0.1, 0.15) is 135 Å². The Labute approximate surface area is 197 Å². The van der Waals surface area contributed by atoms with Crippen molar-refractivity contribution < 1.29 is 19.4 Å². The molecule has 0 spiro atoms. The second kappa shape index (κ2) is 20.3. The van der Waals surface area contributed by atoms with Crippen LogP contribution in [-0.2, 0) is 14.3 Å². The molecule has 0 saturated heterocycles. The number of esters is 1. The minimum atomic E-state index is -0.852. The normalized spacial score (nSPS) is 18.8. The van der Waals surface area contributed by atoms with E-state index in [0.717, 1.165) is 25.7 Å². The minimum Gasteiger partial charge on any atom is -0.481 e. The Kier molecular flexibility index (Phi) is 18.2. The van der Waals surface area contributed by atoms with E-state index in [1.807, 2.05) is 0 Å². The van der Waals surface area contributed by atoms with Crippen molar-refractivity contribution in [2.24, 2.45) is 11.8 Å². The van der Waals surface area contributed by atoms with Crippen molar-refractivity contribution in [3.63, 3.8) is 0 Å². The molecule has 1 aliphatic rings. The fourth-order valence-electron chi connectivity index (χ4n) is 4.69. The van der Waals surface area contributed by atoms with Gasteiger partial charge >= 0.3 is 11.9 Å². The maximum Gasteiger partial charge on any atom is 0.309 e. The van der Waals surface area contributed by atoms with Gasteiger partial charge in [0.05, 0.1) is 18.4 Å². The van der Waals surface area contributed by atoms with Gasteiger partial charge in [-0.3, -0.25) is 9.59 Å². The largest absolute Gasteiger partial charge is 0.481 e. The summed E-state index contributed by atoms with van der Waals surface area (Å²) in [7, 11) is 0. The highest BCUT2D eigenvalue weighted by molar-refractivity contribution is 5.81. The molecule has 0 heterocycles. The third-order valence-corrected chi connectivity index (χ3v) is 6.79. The molecule has 1 fully saturated rings. The van der Waals surface area contributed by atoms with Gasteiger partial charge in [0.2, 0.25) is 0 Å². The zero-order valence-corrected chi connectivity index (χ0v) is 20.8. The number of ether oxygens (including phenoxy) is 1. The quantitative estimate of drug-likeness (QED) is 0.115. The van der Waals surface area contributed by atoms with Crippen molar-refractivity contribution >= 4 is 11.9 Å². The molecule has 1 N–H and O–H groups in total. The molecule has 2 unspecified atom stereocenters. The minimum absolute atomic E-state index is 0.295. The summed E-state index contributed by atoms with van der Waals surface area (Å²) in [6, 6.07) is 0. The molecule has 0 bridgehead atoms. The van der Waals surface area contributed by atoms with E-state index in [2.05, 4.69) is 19.1 Å². The maximum absolute atomic E-state index is 12.2. The highest BCUT2D eigenvalue weighted by Gasteiger charge is 2.36.